The Labute approximate surface area is 143 Å². The molecule has 0 radical (unpaired) electrons. The second-order valence-electron chi connectivity index (χ2n) is 5.07. The second-order valence-corrected chi connectivity index (χ2v) is 5.07. The van der Waals surface area contributed by atoms with Gasteiger partial charge in [0, 0.05) is 5.57 Å². The van der Waals surface area contributed by atoms with Crippen LogP contribution in [-0.2, 0) is 9.53 Å². The third kappa shape index (κ3) is 3.46. The number of hydrogen-bond donors (Lipinski definition) is 0. The van der Waals surface area contributed by atoms with Gasteiger partial charge in [0.1, 0.15) is 0 Å². The SMILES string of the molecule is C=C(C)C(=O)OC(F)(C(F)(F)C(F)(F)C(F)(F)F)C(F)(C(F)(F)F)C(F)(F)F. The molecule has 0 saturated heterocycles. The predicted molar refractivity (Wildman–Crippen MR) is 56.6 cm³/mol. The molecule has 0 heterocycles. The first kappa shape index (κ1) is 26.2. The van der Waals surface area contributed by atoms with Gasteiger partial charge in [-0.25, -0.2) is 9.18 Å². The third-order valence-electron chi connectivity index (χ3n) is 2.96. The standard InChI is InChI=1S/C11H5F15O2/c1-3(2)4(27)28-8(17,5(12,9(18,19)20)10(21,22)23)6(13,14)7(15,16)11(24,25)26/h1H2,2H3. The van der Waals surface area contributed by atoms with E-state index in [0.29, 0.717) is 0 Å². The molecule has 0 aromatic heterocycles. The highest BCUT2D eigenvalue weighted by atomic mass is 19.4. The summed E-state index contributed by atoms with van der Waals surface area (Å²) in [4.78, 5) is 11.0. The number of halogens is 15. The molecule has 0 N–H and O–H groups in total. The molecule has 0 fully saturated rings. The Bertz CT molecular complexity index is 611. The zero-order valence-electron chi connectivity index (χ0n) is 12.7. The number of rotatable bonds is 5. The molecule has 0 aromatic carbocycles. The molecule has 0 aromatic rings. The maximum Gasteiger partial charge on any atom is 0.460 e. The highest BCUT2D eigenvalue weighted by Crippen LogP contribution is 2.63. The molecule has 166 valence electrons. The van der Waals surface area contributed by atoms with Gasteiger partial charge in [-0.3, -0.25) is 0 Å². The summed E-state index contributed by atoms with van der Waals surface area (Å²) in [6.07, 6.45) is -23.6. The third-order valence-corrected chi connectivity index (χ3v) is 2.96. The van der Waals surface area contributed by atoms with Gasteiger partial charge in [0.15, 0.2) is 0 Å². The van der Waals surface area contributed by atoms with Crippen molar-refractivity contribution >= 4 is 5.97 Å². The maximum atomic E-state index is 14.2. The first-order valence-electron chi connectivity index (χ1n) is 6.05. The topological polar surface area (TPSA) is 26.3 Å². The van der Waals surface area contributed by atoms with Crippen LogP contribution in [0.5, 0.6) is 0 Å². The molecular weight excluding hydrogens is 449 g/mol. The van der Waals surface area contributed by atoms with E-state index in [2.05, 4.69) is 11.3 Å². The lowest BCUT2D eigenvalue weighted by Crippen LogP contribution is -2.78. The molecule has 1 atom stereocenters. The fourth-order valence-corrected chi connectivity index (χ4v) is 1.47. The van der Waals surface area contributed by atoms with E-state index < -0.39 is 53.4 Å². The summed E-state index contributed by atoms with van der Waals surface area (Å²) in [5.74, 6) is -27.4. The quantitative estimate of drug-likeness (QED) is 0.315. The van der Waals surface area contributed by atoms with E-state index >= 15 is 0 Å². The van der Waals surface area contributed by atoms with Crippen molar-refractivity contribution in [3.05, 3.63) is 12.2 Å². The molecule has 17 heteroatoms. The van der Waals surface area contributed by atoms with Crippen molar-refractivity contribution in [2.75, 3.05) is 0 Å². The molecule has 0 aliphatic rings. The van der Waals surface area contributed by atoms with Crippen molar-refractivity contribution in [3.63, 3.8) is 0 Å². The van der Waals surface area contributed by atoms with Gasteiger partial charge in [-0.1, -0.05) is 6.58 Å². The monoisotopic (exact) mass is 454 g/mol. The summed E-state index contributed by atoms with van der Waals surface area (Å²) < 4.78 is 195. The molecule has 1 unspecified atom stereocenters. The van der Waals surface area contributed by atoms with Crippen LogP contribution < -0.4 is 0 Å². The van der Waals surface area contributed by atoms with Gasteiger partial charge >= 0.3 is 47.9 Å². The largest absolute Gasteiger partial charge is 0.460 e. The van der Waals surface area contributed by atoms with Crippen molar-refractivity contribution < 1.29 is 75.4 Å². The van der Waals surface area contributed by atoms with Gasteiger partial charge in [-0.15, -0.1) is 0 Å². The summed E-state index contributed by atoms with van der Waals surface area (Å²) in [5, 5.41) is 0. The fourth-order valence-electron chi connectivity index (χ4n) is 1.47. The van der Waals surface area contributed by atoms with Crippen molar-refractivity contribution in [2.45, 2.75) is 48.8 Å². The summed E-state index contributed by atoms with van der Waals surface area (Å²) in [6, 6.07) is 0. The summed E-state index contributed by atoms with van der Waals surface area (Å²) in [6.45, 7) is 2.58. The van der Waals surface area contributed by atoms with Crippen molar-refractivity contribution in [2.24, 2.45) is 0 Å². The van der Waals surface area contributed by atoms with Gasteiger partial charge in [-0.2, -0.15) is 61.5 Å². The molecule has 2 nitrogen and oxygen atoms in total. The minimum Gasteiger partial charge on any atom is -0.415 e. The number of ether oxygens (including phenoxy) is 1. The molecule has 0 amide bonds. The van der Waals surface area contributed by atoms with E-state index in [1.165, 1.54) is 0 Å². The van der Waals surface area contributed by atoms with Crippen LogP contribution in [0.15, 0.2) is 12.2 Å². The highest BCUT2D eigenvalue weighted by molar-refractivity contribution is 5.87. The number of carbonyl (C=O) groups is 1. The minimum atomic E-state index is -8.27. The average molecular weight is 454 g/mol. The van der Waals surface area contributed by atoms with Crippen molar-refractivity contribution in [1.29, 1.82) is 0 Å². The predicted octanol–water partition coefficient (Wildman–Crippen LogP) is 5.44. The fraction of sp³-hybridized carbons (Fsp3) is 0.727. The van der Waals surface area contributed by atoms with E-state index in [9.17, 15) is 70.7 Å². The molecule has 0 aliphatic heterocycles. The van der Waals surface area contributed by atoms with Gasteiger partial charge in [0.2, 0.25) is 0 Å². The van der Waals surface area contributed by atoms with Crippen LogP contribution in [0.25, 0.3) is 0 Å². The van der Waals surface area contributed by atoms with E-state index in [1.54, 1.807) is 0 Å². The molecule has 0 rings (SSSR count). The molecule has 0 aliphatic carbocycles. The number of esters is 1. The Balaban J connectivity index is 7.31. The van der Waals surface area contributed by atoms with E-state index in [4.69, 9.17) is 0 Å². The minimum absolute atomic E-state index is 0.226. The van der Waals surface area contributed by atoms with Crippen LogP contribution in [0.2, 0.25) is 0 Å². The van der Waals surface area contributed by atoms with E-state index in [1.807, 2.05) is 0 Å². The summed E-state index contributed by atoms with van der Waals surface area (Å²) in [7, 11) is 0. The van der Waals surface area contributed by atoms with Crippen LogP contribution in [0.3, 0.4) is 0 Å². The van der Waals surface area contributed by atoms with Crippen LogP contribution in [0, 0.1) is 0 Å². The Morgan fingerprint density at radius 2 is 0.964 bits per heavy atom. The lowest BCUT2D eigenvalue weighted by Gasteiger charge is -2.45. The second kappa shape index (κ2) is 6.60. The zero-order valence-corrected chi connectivity index (χ0v) is 12.7. The number of alkyl halides is 15. The van der Waals surface area contributed by atoms with Crippen LogP contribution >= 0.6 is 0 Å². The van der Waals surface area contributed by atoms with Crippen LogP contribution in [0.1, 0.15) is 6.92 Å². The molecule has 0 saturated carbocycles. The zero-order chi connectivity index (χ0) is 23.4. The average Bonchev–Trinajstić information content (AvgIpc) is 2.41. The van der Waals surface area contributed by atoms with Gasteiger partial charge < -0.3 is 4.74 Å². The normalized spacial score (nSPS) is 17.1. The van der Waals surface area contributed by atoms with Crippen molar-refractivity contribution in [3.8, 4) is 0 Å². The van der Waals surface area contributed by atoms with E-state index in [-0.39, 0.29) is 6.92 Å². The molecular formula is C11H5F15O2. The number of carbonyl (C=O) groups excluding carboxylic acids is 1. The lowest BCUT2D eigenvalue weighted by molar-refractivity contribution is -0.479. The maximum absolute atomic E-state index is 14.2. The lowest BCUT2D eigenvalue weighted by atomic mass is 9.85. The Morgan fingerprint density at radius 3 is 1.18 bits per heavy atom. The molecule has 0 bridgehead atoms. The Morgan fingerprint density at radius 1 is 0.643 bits per heavy atom. The summed E-state index contributed by atoms with van der Waals surface area (Å²) >= 11 is 0. The van der Waals surface area contributed by atoms with Crippen molar-refractivity contribution in [1.82, 2.24) is 0 Å². The van der Waals surface area contributed by atoms with Gasteiger partial charge in [-0.05, 0) is 6.92 Å². The smallest absolute Gasteiger partial charge is 0.415 e. The molecule has 28 heavy (non-hydrogen) atoms. The first-order valence-corrected chi connectivity index (χ1v) is 6.05. The first-order chi connectivity index (χ1) is 11.8. The highest BCUT2D eigenvalue weighted by Gasteiger charge is 2.97. The molecule has 0 spiro atoms. The van der Waals surface area contributed by atoms with E-state index in [0.717, 1.165) is 0 Å². The number of hydrogen-bond acceptors (Lipinski definition) is 2. The van der Waals surface area contributed by atoms with Crippen LogP contribution in [0.4, 0.5) is 65.9 Å². The Kier molecular flexibility index (Phi) is 6.17. The van der Waals surface area contributed by atoms with Gasteiger partial charge in [0.25, 0.3) is 0 Å². The summed E-state index contributed by atoms with van der Waals surface area (Å²) in [5.41, 5.74) is -9.78. The van der Waals surface area contributed by atoms with Crippen LogP contribution in [-0.4, -0.2) is 47.9 Å². The van der Waals surface area contributed by atoms with Gasteiger partial charge in [0.05, 0.1) is 0 Å². The Hall–Kier alpha value is -1.84.